The van der Waals surface area contributed by atoms with E-state index in [1.807, 2.05) is 29.2 Å². The number of hydrogen-bond acceptors (Lipinski definition) is 8. The van der Waals surface area contributed by atoms with Crippen LogP contribution in [0.5, 0.6) is 17.2 Å². The first-order chi connectivity index (χ1) is 15.6. The van der Waals surface area contributed by atoms with E-state index in [1.54, 1.807) is 44.2 Å². The van der Waals surface area contributed by atoms with Gasteiger partial charge in [-0.25, -0.2) is 0 Å². The van der Waals surface area contributed by atoms with Gasteiger partial charge in [-0.2, -0.15) is 4.68 Å². The highest BCUT2D eigenvalue weighted by Crippen LogP contribution is 2.26. The number of nitrogens with zero attached hydrogens (tertiary/aromatic N) is 6. The zero-order valence-corrected chi connectivity index (χ0v) is 18.4. The molecule has 1 fully saturated rings. The number of aromatic nitrogens is 4. The Morgan fingerprint density at radius 3 is 2.25 bits per heavy atom. The number of rotatable bonds is 7. The van der Waals surface area contributed by atoms with Gasteiger partial charge >= 0.3 is 0 Å². The van der Waals surface area contributed by atoms with Crippen molar-refractivity contribution in [3.8, 4) is 22.9 Å². The molecule has 168 valence electrons. The van der Waals surface area contributed by atoms with Crippen LogP contribution in [0.4, 0.5) is 0 Å². The number of carbonyl (C=O) groups excluding carboxylic acids is 1. The Labute approximate surface area is 186 Å². The maximum Gasteiger partial charge on any atom is 0.257 e. The number of piperazine rings is 1. The highest BCUT2D eigenvalue weighted by molar-refractivity contribution is 5.97. The SMILES string of the molecule is COc1ccc(-n2nnnc2CN2CCN(C(=O)c3ccc(OC)cc3OC)CC2)cc1. The summed E-state index contributed by atoms with van der Waals surface area (Å²) in [6.45, 7) is 3.25. The topological polar surface area (TPSA) is 94.8 Å². The first-order valence-electron chi connectivity index (χ1n) is 10.3. The summed E-state index contributed by atoms with van der Waals surface area (Å²) in [5.41, 5.74) is 1.40. The number of hydrogen-bond donors (Lipinski definition) is 0. The Bertz CT molecular complexity index is 1060. The summed E-state index contributed by atoms with van der Waals surface area (Å²) < 4.78 is 17.5. The smallest absolute Gasteiger partial charge is 0.257 e. The number of methoxy groups -OCH3 is 3. The highest BCUT2D eigenvalue weighted by Gasteiger charge is 2.25. The minimum Gasteiger partial charge on any atom is -0.497 e. The van der Waals surface area contributed by atoms with E-state index in [0.717, 1.165) is 30.4 Å². The summed E-state index contributed by atoms with van der Waals surface area (Å²) in [6, 6.07) is 12.8. The summed E-state index contributed by atoms with van der Waals surface area (Å²) >= 11 is 0. The molecule has 1 aromatic heterocycles. The molecule has 1 aliphatic rings. The predicted molar refractivity (Wildman–Crippen MR) is 116 cm³/mol. The lowest BCUT2D eigenvalue weighted by molar-refractivity contribution is 0.0621. The molecule has 0 aliphatic carbocycles. The van der Waals surface area contributed by atoms with Gasteiger partial charge < -0.3 is 19.1 Å². The van der Waals surface area contributed by atoms with Gasteiger partial charge in [0.05, 0.1) is 39.1 Å². The quantitative estimate of drug-likeness (QED) is 0.550. The summed E-state index contributed by atoms with van der Waals surface area (Å²) in [5.74, 6) is 2.63. The second kappa shape index (κ2) is 9.65. The zero-order valence-electron chi connectivity index (χ0n) is 18.4. The largest absolute Gasteiger partial charge is 0.497 e. The van der Waals surface area contributed by atoms with Crippen LogP contribution in [0, 0.1) is 0 Å². The van der Waals surface area contributed by atoms with Crippen LogP contribution in [0.3, 0.4) is 0 Å². The zero-order chi connectivity index (χ0) is 22.5. The van der Waals surface area contributed by atoms with E-state index in [1.165, 1.54) is 0 Å². The number of ether oxygens (including phenoxy) is 3. The third-order valence-corrected chi connectivity index (χ3v) is 5.51. The van der Waals surface area contributed by atoms with E-state index < -0.39 is 0 Å². The molecular weight excluding hydrogens is 412 g/mol. The van der Waals surface area contributed by atoms with Crippen molar-refractivity contribution in [2.24, 2.45) is 0 Å². The van der Waals surface area contributed by atoms with E-state index in [4.69, 9.17) is 14.2 Å². The molecule has 1 aliphatic heterocycles. The molecule has 10 nitrogen and oxygen atoms in total. The van der Waals surface area contributed by atoms with Crippen LogP contribution in [0.25, 0.3) is 5.69 Å². The van der Waals surface area contributed by atoms with Crippen molar-refractivity contribution >= 4 is 5.91 Å². The average Bonchev–Trinajstić information content (AvgIpc) is 3.31. The molecule has 0 N–H and O–H groups in total. The Morgan fingerprint density at radius 2 is 1.59 bits per heavy atom. The first kappa shape index (κ1) is 21.6. The van der Waals surface area contributed by atoms with Gasteiger partial charge in [0.1, 0.15) is 17.2 Å². The third-order valence-electron chi connectivity index (χ3n) is 5.51. The van der Waals surface area contributed by atoms with Crippen molar-refractivity contribution in [1.29, 1.82) is 0 Å². The summed E-state index contributed by atoms with van der Waals surface area (Å²) in [4.78, 5) is 17.1. The van der Waals surface area contributed by atoms with Gasteiger partial charge in [-0.1, -0.05) is 0 Å². The van der Waals surface area contributed by atoms with Crippen LogP contribution in [0.1, 0.15) is 16.2 Å². The monoisotopic (exact) mass is 438 g/mol. The Balaban J connectivity index is 1.39. The van der Waals surface area contributed by atoms with Crippen LogP contribution >= 0.6 is 0 Å². The molecule has 2 heterocycles. The molecule has 0 atom stereocenters. The number of tetrazole rings is 1. The van der Waals surface area contributed by atoms with Crippen LogP contribution in [-0.4, -0.2) is 83.4 Å². The van der Waals surface area contributed by atoms with E-state index >= 15 is 0 Å². The molecule has 2 aromatic carbocycles. The minimum absolute atomic E-state index is 0.0489. The fourth-order valence-corrected chi connectivity index (χ4v) is 3.68. The van der Waals surface area contributed by atoms with Crippen LogP contribution in [0.2, 0.25) is 0 Å². The Kier molecular flexibility index (Phi) is 6.50. The molecule has 0 spiro atoms. The fourth-order valence-electron chi connectivity index (χ4n) is 3.68. The number of carbonyl (C=O) groups is 1. The molecule has 0 unspecified atom stereocenters. The molecule has 0 bridgehead atoms. The summed E-state index contributed by atoms with van der Waals surface area (Å²) in [7, 11) is 4.77. The predicted octanol–water partition coefficient (Wildman–Crippen LogP) is 1.65. The lowest BCUT2D eigenvalue weighted by Crippen LogP contribution is -2.48. The maximum atomic E-state index is 13.0. The number of benzene rings is 2. The summed E-state index contributed by atoms with van der Waals surface area (Å²) in [6.07, 6.45) is 0. The molecule has 1 amide bonds. The van der Waals surface area contributed by atoms with E-state index in [9.17, 15) is 4.79 Å². The molecule has 32 heavy (non-hydrogen) atoms. The Morgan fingerprint density at radius 1 is 0.906 bits per heavy atom. The van der Waals surface area contributed by atoms with Crippen LogP contribution in [0.15, 0.2) is 42.5 Å². The lowest BCUT2D eigenvalue weighted by Gasteiger charge is -2.34. The lowest BCUT2D eigenvalue weighted by atomic mass is 10.1. The van der Waals surface area contributed by atoms with Gasteiger partial charge in [-0.05, 0) is 46.8 Å². The van der Waals surface area contributed by atoms with Crippen molar-refractivity contribution in [3.63, 3.8) is 0 Å². The Hall–Kier alpha value is -3.66. The molecule has 10 heteroatoms. The van der Waals surface area contributed by atoms with E-state index in [-0.39, 0.29) is 5.91 Å². The first-order valence-corrected chi connectivity index (χ1v) is 10.3. The highest BCUT2D eigenvalue weighted by atomic mass is 16.5. The molecule has 1 saturated heterocycles. The molecule has 4 rings (SSSR count). The van der Waals surface area contributed by atoms with E-state index in [2.05, 4.69) is 20.4 Å². The van der Waals surface area contributed by atoms with Crippen LogP contribution in [-0.2, 0) is 6.54 Å². The second-order valence-electron chi connectivity index (χ2n) is 7.34. The van der Waals surface area contributed by atoms with Crippen LogP contribution < -0.4 is 14.2 Å². The van der Waals surface area contributed by atoms with Crippen molar-refractivity contribution < 1.29 is 19.0 Å². The van der Waals surface area contributed by atoms with Gasteiger partial charge in [0.25, 0.3) is 5.91 Å². The molecular formula is C22H26N6O4. The van der Waals surface area contributed by atoms with E-state index in [0.29, 0.717) is 36.7 Å². The van der Waals surface area contributed by atoms with Gasteiger partial charge in [-0.3, -0.25) is 9.69 Å². The van der Waals surface area contributed by atoms with Gasteiger partial charge in [0.15, 0.2) is 5.82 Å². The van der Waals surface area contributed by atoms with Gasteiger partial charge in [0, 0.05) is 32.2 Å². The minimum atomic E-state index is -0.0489. The van der Waals surface area contributed by atoms with Crippen molar-refractivity contribution in [2.45, 2.75) is 6.54 Å². The molecule has 0 saturated carbocycles. The summed E-state index contributed by atoms with van der Waals surface area (Å²) in [5, 5.41) is 12.2. The second-order valence-corrected chi connectivity index (χ2v) is 7.34. The molecule has 0 radical (unpaired) electrons. The number of amides is 1. The van der Waals surface area contributed by atoms with Crippen molar-refractivity contribution in [2.75, 3.05) is 47.5 Å². The average molecular weight is 438 g/mol. The normalized spacial score (nSPS) is 14.3. The van der Waals surface area contributed by atoms with Gasteiger partial charge in [0.2, 0.25) is 0 Å². The third kappa shape index (κ3) is 4.50. The maximum absolute atomic E-state index is 13.0. The standard InChI is InChI=1S/C22H26N6O4/c1-30-17-6-4-16(5-7-17)28-21(23-24-25-28)15-26-10-12-27(13-11-26)22(29)19-9-8-18(31-2)14-20(19)32-3/h4-9,14H,10-13,15H2,1-3H3. The van der Waals surface area contributed by atoms with Gasteiger partial charge in [-0.15, -0.1) is 5.10 Å². The van der Waals surface area contributed by atoms with Crippen molar-refractivity contribution in [1.82, 2.24) is 30.0 Å². The van der Waals surface area contributed by atoms with Crippen molar-refractivity contribution in [3.05, 3.63) is 53.9 Å². The fraction of sp³-hybridized carbons (Fsp3) is 0.364. The molecule has 3 aromatic rings.